The number of pyridine rings is 1. The molecule has 1 fully saturated rings. The average molecular weight is 297 g/mol. The average Bonchev–Trinajstić information content (AvgIpc) is 2.37. The minimum atomic E-state index is -0.837. The van der Waals surface area contributed by atoms with E-state index in [0.29, 0.717) is 11.7 Å². The highest BCUT2D eigenvalue weighted by atomic mass is 35.5. The highest BCUT2D eigenvalue weighted by Crippen LogP contribution is 2.41. The molecule has 1 saturated heterocycles. The Kier molecular flexibility index (Phi) is 4.23. The minimum absolute atomic E-state index is 0.0447. The lowest BCUT2D eigenvalue weighted by Gasteiger charge is -2.47. The minimum Gasteiger partial charge on any atom is -0.465 e. The Morgan fingerprint density at radius 2 is 2.15 bits per heavy atom. The number of aromatic nitrogens is 1. The number of carboxylic acid groups (broad SMARTS) is 1. The van der Waals surface area contributed by atoms with Crippen LogP contribution in [0.3, 0.4) is 0 Å². The van der Waals surface area contributed by atoms with Crippen molar-refractivity contribution in [2.75, 3.05) is 6.54 Å². The summed E-state index contributed by atoms with van der Waals surface area (Å²) in [6.45, 7) is 6.88. The van der Waals surface area contributed by atoms with Crippen LogP contribution in [0.2, 0.25) is 5.15 Å². The molecule has 0 aromatic carbocycles. The van der Waals surface area contributed by atoms with Gasteiger partial charge in [-0.3, -0.25) is 0 Å². The molecule has 2 unspecified atom stereocenters. The van der Waals surface area contributed by atoms with Crippen molar-refractivity contribution in [3.8, 4) is 0 Å². The van der Waals surface area contributed by atoms with Gasteiger partial charge in [0.25, 0.3) is 0 Å². The molecule has 2 heterocycles. The third-order valence-electron chi connectivity index (χ3n) is 3.94. The largest absolute Gasteiger partial charge is 0.465 e. The number of nitrogens with zero attached hydrogens (tertiary/aromatic N) is 2. The molecule has 1 aromatic rings. The Morgan fingerprint density at radius 3 is 2.65 bits per heavy atom. The Balaban J connectivity index is 2.38. The number of carbonyl (C=O) groups is 1. The van der Waals surface area contributed by atoms with Gasteiger partial charge >= 0.3 is 6.09 Å². The predicted molar refractivity (Wildman–Crippen MR) is 79.2 cm³/mol. The monoisotopic (exact) mass is 296 g/mol. The van der Waals surface area contributed by atoms with Gasteiger partial charge in [0.05, 0.1) is 0 Å². The van der Waals surface area contributed by atoms with Gasteiger partial charge in [0.1, 0.15) is 5.15 Å². The normalized spacial score (nSPS) is 23.7. The summed E-state index contributed by atoms with van der Waals surface area (Å²) in [5, 5.41) is 9.93. The van der Waals surface area contributed by atoms with E-state index in [1.165, 1.54) is 0 Å². The first-order valence-electron chi connectivity index (χ1n) is 6.91. The van der Waals surface area contributed by atoms with Crippen LogP contribution in [0.15, 0.2) is 18.3 Å². The highest BCUT2D eigenvalue weighted by Gasteiger charge is 2.42. The molecule has 0 aliphatic carbocycles. The number of rotatable bonds is 1. The third-order valence-corrected chi connectivity index (χ3v) is 4.17. The molecule has 20 heavy (non-hydrogen) atoms. The SMILES string of the molecule is CC(C)(C)C1C(c2ccc(Cl)nc2)CCCN1C(=O)O. The van der Waals surface area contributed by atoms with Crippen molar-refractivity contribution < 1.29 is 9.90 Å². The number of piperidine rings is 1. The molecule has 2 rings (SSSR count). The van der Waals surface area contributed by atoms with Crippen LogP contribution in [-0.2, 0) is 0 Å². The molecule has 110 valence electrons. The molecule has 1 aromatic heterocycles. The fraction of sp³-hybridized carbons (Fsp3) is 0.600. The molecular formula is C15H21ClN2O2. The van der Waals surface area contributed by atoms with Crippen LogP contribution in [0.1, 0.15) is 45.1 Å². The summed E-state index contributed by atoms with van der Waals surface area (Å²) in [6.07, 6.45) is 2.80. The smallest absolute Gasteiger partial charge is 0.407 e. The summed E-state index contributed by atoms with van der Waals surface area (Å²) in [4.78, 5) is 17.3. The van der Waals surface area contributed by atoms with Gasteiger partial charge in [-0.05, 0) is 29.9 Å². The summed E-state index contributed by atoms with van der Waals surface area (Å²) in [6, 6.07) is 3.69. The molecule has 1 N–H and O–H groups in total. The van der Waals surface area contributed by atoms with Gasteiger partial charge in [-0.25, -0.2) is 9.78 Å². The van der Waals surface area contributed by atoms with Gasteiger partial charge in [0.15, 0.2) is 0 Å². The molecule has 5 heteroatoms. The molecule has 1 aliphatic rings. The predicted octanol–water partition coefficient (Wildman–Crippen LogP) is 4.01. The van der Waals surface area contributed by atoms with E-state index in [9.17, 15) is 9.90 Å². The quantitative estimate of drug-likeness (QED) is 0.797. The first-order valence-corrected chi connectivity index (χ1v) is 7.29. The van der Waals surface area contributed by atoms with Crippen LogP contribution in [0.25, 0.3) is 0 Å². The number of amides is 1. The molecule has 0 bridgehead atoms. The van der Waals surface area contributed by atoms with Gasteiger partial charge in [-0.1, -0.05) is 38.4 Å². The summed E-state index contributed by atoms with van der Waals surface area (Å²) in [5.74, 6) is 0.171. The van der Waals surface area contributed by atoms with Crippen molar-refractivity contribution in [3.63, 3.8) is 0 Å². The summed E-state index contributed by atoms with van der Waals surface area (Å²) in [5.41, 5.74) is 0.948. The zero-order chi connectivity index (χ0) is 14.9. The van der Waals surface area contributed by atoms with Gasteiger partial charge in [-0.2, -0.15) is 0 Å². The van der Waals surface area contributed by atoms with Crippen LogP contribution in [0, 0.1) is 5.41 Å². The lowest BCUT2D eigenvalue weighted by Crippen LogP contribution is -2.53. The molecule has 4 nitrogen and oxygen atoms in total. The number of hydrogen-bond acceptors (Lipinski definition) is 2. The zero-order valence-electron chi connectivity index (χ0n) is 12.1. The van der Waals surface area contributed by atoms with Crippen LogP contribution in [-0.4, -0.2) is 33.7 Å². The lowest BCUT2D eigenvalue weighted by atomic mass is 9.72. The van der Waals surface area contributed by atoms with Crippen LogP contribution < -0.4 is 0 Å². The number of likely N-dealkylation sites (tertiary alicyclic amines) is 1. The standard InChI is InChI=1S/C15H21ClN2O2/c1-15(2,3)13-11(5-4-8-18(13)14(19)20)10-6-7-12(16)17-9-10/h6-7,9,11,13H,4-5,8H2,1-3H3,(H,19,20). The second-order valence-electron chi connectivity index (χ2n) is 6.45. The topological polar surface area (TPSA) is 53.4 Å². The van der Waals surface area contributed by atoms with Crippen molar-refractivity contribution in [2.45, 2.75) is 45.6 Å². The lowest BCUT2D eigenvalue weighted by molar-refractivity contribution is 0.0456. The molecule has 1 amide bonds. The Morgan fingerprint density at radius 1 is 1.45 bits per heavy atom. The highest BCUT2D eigenvalue weighted by molar-refractivity contribution is 6.29. The van der Waals surface area contributed by atoms with Crippen molar-refractivity contribution in [1.82, 2.24) is 9.88 Å². The second kappa shape index (κ2) is 5.60. The first kappa shape index (κ1) is 15.1. The second-order valence-corrected chi connectivity index (χ2v) is 6.84. The zero-order valence-corrected chi connectivity index (χ0v) is 12.9. The molecule has 0 spiro atoms. The van der Waals surface area contributed by atoms with Crippen LogP contribution in [0.4, 0.5) is 4.79 Å². The maximum Gasteiger partial charge on any atom is 0.407 e. The van der Waals surface area contributed by atoms with E-state index in [1.807, 2.05) is 6.07 Å². The maximum atomic E-state index is 11.5. The maximum absolute atomic E-state index is 11.5. The van der Waals surface area contributed by atoms with Gasteiger partial charge in [-0.15, -0.1) is 0 Å². The van der Waals surface area contributed by atoms with Gasteiger partial charge in [0, 0.05) is 24.7 Å². The van der Waals surface area contributed by atoms with E-state index in [0.717, 1.165) is 18.4 Å². The molecule has 0 saturated carbocycles. The van der Waals surface area contributed by atoms with Crippen molar-refractivity contribution in [1.29, 1.82) is 0 Å². The fourth-order valence-corrected chi connectivity index (χ4v) is 3.35. The Hall–Kier alpha value is -1.29. The summed E-state index contributed by atoms with van der Waals surface area (Å²) < 4.78 is 0. The number of halogens is 1. The van der Waals surface area contributed by atoms with Gasteiger partial charge in [0.2, 0.25) is 0 Å². The Labute approximate surface area is 124 Å². The van der Waals surface area contributed by atoms with Crippen LogP contribution >= 0.6 is 11.6 Å². The molecule has 0 radical (unpaired) electrons. The van der Waals surface area contributed by atoms with E-state index >= 15 is 0 Å². The van der Waals surface area contributed by atoms with E-state index in [1.54, 1.807) is 17.2 Å². The van der Waals surface area contributed by atoms with E-state index in [2.05, 4.69) is 25.8 Å². The molecule has 1 aliphatic heterocycles. The molecular weight excluding hydrogens is 276 g/mol. The van der Waals surface area contributed by atoms with Crippen molar-refractivity contribution in [3.05, 3.63) is 29.0 Å². The Bertz CT molecular complexity index is 482. The van der Waals surface area contributed by atoms with E-state index in [4.69, 9.17) is 11.6 Å². The first-order chi connectivity index (χ1) is 9.30. The number of hydrogen-bond donors (Lipinski definition) is 1. The van der Waals surface area contributed by atoms with E-state index < -0.39 is 6.09 Å². The fourth-order valence-electron chi connectivity index (χ4n) is 3.24. The molecule has 2 atom stereocenters. The third kappa shape index (κ3) is 3.06. The van der Waals surface area contributed by atoms with Crippen molar-refractivity contribution in [2.24, 2.45) is 5.41 Å². The van der Waals surface area contributed by atoms with Crippen LogP contribution in [0.5, 0.6) is 0 Å². The van der Waals surface area contributed by atoms with E-state index in [-0.39, 0.29) is 17.4 Å². The van der Waals surface area contributed by atoms with Gasteiger partial charge < -0.3 is 10.0 Å². The summed E-state index contributed by atoms with van der Waals surface area (Å²) >= 11 is 5.84. The summed E-state index contributed by atoms with van der Waals surface area (Å²) in [7, 11) is 0. The van der Waals surface area contributed by atoms with Crippen molar-refractivity contribution >= 4 is 17.7 Å².